The number of aliphatic carboxylic acids is 2. The van der Waals surface area contributed by atoms with Crippen molar-refractivity contribution in [3.05, 3.63) is 29.8 Å². The van der Waals surface area contributed by atoms with Gasteiger partial charge in [0.1, 0.15) is 23.9 Å². The van der Waals surface area contributed by atoms with E-state index in [1.807, 2.05) is 0 Å². The van der Waals surface area contributed by atoms with Crippen LogP contribution < -0.4 is 33.2 Å². The Labute approximate surface area is 212 Å². The van der Waals surface area contributed by atoms with Gasteiger partial charge in [0.25, 0.3) is 0 Å². The van der Waals surface area contributed by atoms with Crippen molar-refractivity contribution in [2.45, 2.75) is 56.8 Å². The molecule has 4 atom stereocenters. The molecule has 204 valence electrons. The molecule has 0 bridgehead atoms. The third-order valence-corrected chi connectivity index (χ3v) is 4.99. The standard InChI is InChI=1S/C22H33N7O8/c1-11(23)18(33)27-14(3-2-8-26-22(24)25)19(34)28-15(10-17(31)32)20(35)29-16(21(36)37)9-12-4-6-13(30)7-5-12/h4-7,11,14-16,30H,2-3,8-10,23H2,1H3,(H,27,33)(H,28,34)(H,29,35)(H,31,32)(H,36,37)(H4,24,25,26). The van der Waals surface area contributed by atoms with Crippen LogP contribution in [-0.2, 0) is 30.4 Å². The van der Waals surface area contributed by atoms with Crippen LogP contribution in [0.2, 0.25) is 0 Å². The second kappa shape index (κ2) is 14.9. The predicted molar refractivity (Wildman–Crippen MR) is 131 cm³/mol. The number of nitrogens with zero attached hydrogens (tertiary/aromatic N) is 1. The number of nitrogens with two attached hydrogens (primary N) is 3. The van der Waals surface area contributed by atoms with E-state index in [1.165, 1.54) is 31.2 Å². The number of guanidine groups is 1. The Bertz CT molecular complexity index is 993. The summed E-state index contributed by atoms with van der Waals surface area (Å²) < 4.78 is 0. The highest BCUT2D eigenvalue weighted by Gasteiger charge is 2.31. The Morgan fingerprint density at radius 1 is 0.892 bits per heavy atom. The molecule has 0 aliphatic rings. The molecule has 0 radical (unpaired) electrons. The second-order valence-electron chi connectivity index (χ2n) is 8.23. The third kappa shape index (κ3) is 11.7. The Morgan fingerprint density at radius 3 is 1.95 bits per heavy atom. The van der Waals surface area contributed by atoms with Crippen LogP contribution in [0.25, 0.3) is 0 Å². The number of rotatable bonds is 15. The van der Waals surface area contributed by atoms with E-state index in [9.17, 15) is 39.3 Å². The van der Waals surface area contributed by atoms with Gasteiger partial charge in [0.05, 0.1) is 12.5 Å². The zero-order chi connectivity index (χ0) is 28.1. The number of aliphatic imine (C=N–C) groups is 1. The van der Waals surface area contributed by atoms with Gasteiger partial charge in [0.15, 0.2) is 5.96 Å². The molecule has 0 saturated heterocycles. The van der Waals surface area contributed by atoms with Crippen molar-refractivity contribution in [2.75, 3.05) is 6.54 Å². The van der Waals surface area contributed by atoms with Gasteiger partial charge < -0.3 is 48.5 Å². The van der Waals surface area contributed by atoms with Crippen molar-refractivity contribution in [2.24, 2.45) is 22.2 Å². The van der Waals surface area contributed by atoms with Gasteiger partial charge in [-0.2, -0.15) is 0 Å². The van der Waals surface area contributed by atoms with Gasteiger partial charge >= 0.3 is 11.9 Å². The molecule has 0 fully saturated rings. The van der Waals surface area contributed by atoms with Crippen LogP contribution in [0.3, 0.4) is 0 Å². The van der Waals surface area contributed by atoms with Gasteiger partial charge in [-0.3, -0.25) is 24.2 Å². The number of benzene rings is 1. The Balaban J connectivity index is 3.01. The van der Waals surface area contributed by atoms with Crippen LogP contribution in [0.1, 0.15) is 31.7 Å². The van der Waals surface area contributed by atoms with Crippen molar-refractivity contribution < 1.29 is 39.3 Å². The highest BCUT2D eigenvalue weighted by molar-refractivity contribution is 5.95. The molecule has 4 unspecified atom stereocenters. The first-order valence-corrected chi connectivity index (χ1v) is 11.2. The van der Waals surface area contributed by atoms with E-state index in [1.54, 1.807) is 0 Å². The van der Waals surface area contributed by atoms with E-state index < -0.39 is 60.2 Å². The fourth-order valence-corrected chi connectivity index (χ4v) is 3.07. The van der Waals surface area contributed by atoms with Crippen molar-refractivity contribution >= 4 is 35.6 Å². The molecule has 37 heavy (non-hydrogen) atoms. The summed E-state index contributed by atoms with van der Waals surface area (Å²) in [5.41, 5.74) is 16.5. The minimum absolute atomic E-state index is 0.0289. The molecular formula is C22H33N7O8. The largest absolute Gasteiger partial charge is 0.508 e. The average Bonchev–Trinajstić information content (AvgIpc) is 2.80. The van der Waals surface area contributed by atoms with Gasteiger partial charge in [-0.05, 0) is 37.5 Å². The SMILES string of the molecule is CC(N)C(=O)NC(CCCN=C(N)N)C(=O)NC(CC(=O)O)C(=O)NC(Cc1ccc(O)cc1)C(=O)O. The molecule has 12 N–H and O–H groups in total. The molecule has 15 heteroatoms. The van der Waals surface area contributed by atoms with Crippen molar-refractivity contribution in [1.29, 1.82) is 0 Å². The van der Waals surface area contributed by atoms with Crippen molar-refractivity contribution in [1.82, 2.24) is 16.0 Å². The van der Waals surface area contributed by atoms with Gasteiger partial charge in [-0.1, -0.05) is 12.1 Å². The van der Waals surface area contributed by atoms with Crippen LogP contribution >= 0.6 is 0 Å². The van der Waals surface area contributed by atoms with Gasteiger partial charge in [0, 0.05) is 13.0 Å². The number of hydrogen-bond acceptors (Lipinski definition) is 8. The monoisotopic (exact) mass is 523 g/mol. The molecule has 0 spiro atoms. The molecule has 1 aromatic rings. The maximum atomic E-state index is 12.9. The number of carbonyl (C=O) groups excluding carboxylic acids is 3. The van der Waals surface area contributed by atoms with E-state index in [-0.39, 0.29) is 37.5 Å². The number of phenolic OH excluding ortho intramolecular Hbond substituents is 1. The molecule has 1 rings (SSSR count). The van der Waals surface area contributed by atoms with Gasteiger partial charge in [0.2, 0.25) is 17.7 Å². The minimum atomic E-state index is -1.65. The number of amides is 3. The average molecular weight is 524 g/mol. The second-order valence-corrected chi connectivity index (χ2v) is 8.23. The Morgan fingerprint density at radius 2 is 1.43 bits per heavy atom. The maximum Gasteiger partial charge on any atom is 0.326 e. The number of hydrogen-bond donors (Lipinski definition) is 9. The summed E-state index contributed by atoms with van der Waals surface area (Å²) >= 11 is 0. The summed E-state index contributed by atoms with van der Waals surface area (Å²) in [7, 11) is 0. The van der Waals surface area contributed by atoms with Crippen LogP contribution in [0.5, 0.6) is 5.75 Å². The molecule has 15 nitrogen and oxygen atoms in total. The van der Waals surface area contributed by atoms with Crippen LogP contribution in [0.15, 0.2) is 29.3 Å². The third-order valence-electron chi connectivity index (χ3n) is 4.99. The molecule has 0 aromatic heterocycles. The van der Waals surface area contributed by atoms with E-state index >= 15 is 0 Å². The van der Waals surface area contributed by atoms with Crippen LogP contribution in [-0.4, -0.2) is 81.7 Å². The number of carboxylic acid groups (broad SMARTS) is 2. The lowest BCUT2D eigenvalue weighted by atomic mass is 10.0. The molecule has 0 aliphatic carbocycles. The van der Waals surface area contributed by atoms with Gasteiger partial charge in [-0.15, -0.1) is 0 Å². The molecule has 0 aliphatic heterocycles. The molecule has 0 heterocycles. The first-order chi connectivity index (χ1) is 17.3. The topological polar surface area (TPSA) is 273 Å². The molecule has 1 aromatic carbocycles. The normalized spacial score (nSPS) is 13.8. The number of phenols is 1. The van der Waals surface area contributed by atoms with E-state index in [0.29, 0.717) is 5.56 Å². The highest BCUT2D eigenvalue weighted by Crippen LogP contribution is 2.12. The number of carbonyl (C=O) groups is 5. The van der Waals surface area contributed by atoms with E-state index in [0.717, 1.165) is 0 Å². The number of carboxylic acids is 2. The van der Waals surface area contributed by atoms with E-state index in [2.05, 4.69) is 20.9 Å². The molecular weight excluding hydrogens is 490 g/mol. The number of aromatic hydroxyl groups is 1. The lowest BCUT2D eigenvalue weighted by Crippen LogP contribution is -2.57. The van der Waals surface area contributed by atoms with Gasteiger partial charge in [-0.25, -0.2) is 4.79 Å². The predicted octanol–water partition coefficient (Wildman–Crippen LogP) is -2.65. The smallest absolute Gasteiger partial charge is 0.326 e. The van der Waals surface area contributed by atoms with E-state index in [4.69, 9.17) is 17.2 Å². The zero-order valence-corrected chi connectivity index (χ0v) is 20.2. The summed E-state index contributed by atoms with van der Waals surface area (Å²) in [5, 5.41) is 35.0. The summed E-state index contributed by atoms with van der Waals surface area (Å²) in [6.07, 6.45) is -0.752. The summed E-state index contributed by atoms with van der Waals surface area (Å²) in [6.45, 7) is 1.53. The highest BCUT2D eigenvalue weighted by atomic mass is 16.4. The fraction of sp³-hybridized carbons (Fsp3) is 0.455. The van der Waals surface area contributed by atoms with Crippen molar-refractivity contribution in [3.63, 3.8) is 0 Å². The summed E-state index contributed by atoms with van der Waals surface area (Å²) in [4.78, 5) is 64.6. The molecule has 3 amide bonds. The Kier molecular flexibility index (Phi) is 12.3. The summed E-state index contributed by atoms with van der Waals surface area (Å²) in [6, 6.07) is 0.328. The molecule has 0 saturated carbocycles. The minimum Gasteiger partial charge on any atom is -0.508 e. The first kappa shape index (κ1) is 30.6. The first-order valence-electron chi connectivity index (χ1n) is 11.2. The number of nitrogens with one attached hydrogen (secondary N) is 3. The summed E-state index contributed by atoms with van der Waals surface area (Å²) in [5.74, 6) is -5.64. The lowest BCUT2D eigenvalue weighted by Gasteiger charge is -2.24. The lowest BCUT2D eigenvalue weighted by molar-refractivity contribution is -0.143. The van der Waals surface area contributed by atoms with Crippen LogP contribution in [0.4, 0.5) is 0 Å². The maximum absolute atomic E-state index is 12.9. The van der Waals surface area contributed by atoms with Crippen molar-refractivity contribution in [3.8, 4) is 5.75 Å². The zero-order valence-electron chi connectivity index (χ0n) is 20.2. The quantitative estimate of drug-likeness (QED) is 0.0650. The Hall–Kier alpha value is -4.40. The van der Waals surface area contributed by atoms with Crippen LogP contribution in [0, 0.1) is 0 Å². The fourth-order valence-electron chi connectivity index (χ4n) is 3.07.